The van der Waals surface area contributed by atoms with Gasteiger partial charge in [-0.15, -0.1) is 0 Å². The standard InChI is InChI=1S/C25H28N4O3/c30-24(23-15-19-9-4-5-11-22(19)32-23)26-27-25(31)29-14-12-21-20(17-29)10-6-13-28(21)16-18-7-2-1-3-8-18/h1-5,7-9,11,15,20-21H,6,10,12-14,16-17H2,(H,26,30)(H,27,31). The number of benzene rings is 2. The fourth-order valence-corrected chi connectivity index (χ4v) is 5.05. The van der Waals surface area contributed by atoms with E-state index in [0.717, 1.165) is 37.7 Å². The van der Waals surface area contributed by atoms with E-state index in [-0.39, 0.29) is 11.8 Å². The molecule has 2 unspecified atom stereocenters. The van der Waals surface area contributed by atoms with Gasteiger partial charge in [-0.25, -0.2) is 10.2 Å². The number of nitrogens with zero attached hydrogens (tertiary/aromatic N) is 2. The van der Waals surface area contributed by atoms with Crippen LogP contribution >= 0.6 is 0 Å². The lowest BCUT2D eigenvalue weighted by Crippen LogP contribution is -2.58. The molecule has 0 bridgehead atoms. The Morgan fingerprint density at radius 2 is 1.78 bits per heavy atom. The number of fused-ring (bicyclic) bond motifs is 2. The Kier molecular flexibility index (Phi) is 5.81. The summed E-state index contributed by atoms with van der Waals surface area (Å²) < 4.78 is 5.56. The van der Waals surface area contributed by atoms with Crippen LogP contribution in [0.5, 0.6) is 0 Å². The molecule has 1 aromatic heterocycles. The Morgan fingerprint density at radius 1 is 0.969 bits per heavy atom. The molecule has 3 amide bonds. The summed E-state index contributed by atoms with van der Waals surface area (Å²) in [5.41, 5.74) is 7.02. The molecule has 2 aliphatic heterocycles. The Hall–Kier alpha value is -3.32. The number of rotatable bonds is 3. The third-order valence-electron chi connectivity index (χ3n) is 6.63. The van der Waals surface area contributed by atoms with E-state index in [1.165, 1.54) is 5.56 Å². The molecule has 166 valence electrons. The van der Waals surface area contributed by atoms with E-state index in [0.29, 0.717) is 30.6 Å². The summed E-state index contributed by atoms with van der Waals surface area (Å²) >= 11 is 0. The maximum absolute atomic E-state index is 12.7. The van der Waals surface area contributed by atoms with Crippen LogP contribution in [0.1, 0.15) is 35.4 Å². The molecule has 2 N–H and O–H groups in total. The molecule has 3 aromatic rings. The number of furan rings is 1. The van der Waals surface area contributed by atoms with E-state index in [1.54, 1.807) is 12.1 Å². The highest BCUT2D eigenvalue weighted by Gasteiger charge is 2.37. The van der Waals surface area contributed by atoms with Crippen LogP contribution < -0.4 is 10.9 Å². The van der Waals surface area contributed by atoms with E-state index in [2.05, 4.69) is 40.0 Å². The first-order valence-corrected chi connectivity index (χ1v) is 11.3. The highest BCUT2D eigenvalue weighted by atomic mass is 16.3. The number of piperidine rings is 2. The van der Waals surface area contributed by atoms with Crippen molar-refractivity contribution in [2.45, 2.75) is 31.8 Å². The van der Waals surface area contributed by atoms with Crippen LogP contribution in [0.3, 0.4) is 0 Å². The Labute approximate surface area is 187 Å². The third-order valence-corrected chi connectivity index (χ3v) is 6.63. The number of amides is 3. The summed E-state index contributed by atoms with van der Waals surface area (Å²) in [5.74, 6) is 0.170. The molecular weight excluding hydrogens is 404 g/mol. The van der Waals surface area contributed by atoms with Crippen molar-refractivity contribution in [3.8, 4) is 0 Å². The van der Waals surface area contributed by atoms with Gasteiger partial charge in [0.05, 0.1) is 0 Å². The number of hydrogen-bond donors (Lipinski definition) is 2. The van der Waals surface area contributed by atoms with Crippen LogP contribution in [-0.4, -0.2) is 47.4 Å². The summed E-state index contributed by atoms with van der Waals surface area (Å²) in [6, 6.07) is 19.9. The van der Waals surface area contributed by atoms with Crippen molar-refractivity contribution in [1.29, 1.82) is 0 Å². The summed E-state index contributed by atoms with van der Waals surface area (Å²) in [6.07, 6.45) is 3.22. The average Bonchev–Trinajstić information content (AvgIpc) is 3.27. The Balaban J connectivity index is 1.15. The second-order valence-corrected chi connectivity index (χ2v) is 8.69. The minimum absolute atomic E-state index is 0.175. The molecule has 7 heteroatoms. The number of carbonyl (C=O) groups excluding carboxylic acids is 2. The maximum Gasteiger partial charge on any atom is 0.336 e. The number of carbonyl (C=O) groups is 2. The molecule has 2 saturated heterocycles. The van der Waals surface area contributed by atoms with Gasteiger partial charge in [0.15, 0.2) is 5.76 Å². The van der Waals surface area contributed by atoms with Crippen molar-refractivity contribution in [2.24, 2.45) is 5.92 Å². The summed E-state index contributed by atoms with van der Waals surface area (Å²) in [7, 11) is 0. The fourth-order valence-electron chi connectivity index (χ4n) is 5.05. The van der Waals surface area contributed by atoms with Crippen molar-refractivity contribution in [1.82, 2.24) is 20.7 Å². The molecule has 0 aliphatic carbocycles. The van der Waals surface area contributed by atoms with Crippen molar-refractivity contribution in [3.05, 3.63) is 72.0 Å². The van der Waals surface area contributed by atoms with Crippen molar-refractivity contribution in [3.63, 3.8) is 0 Å². The first kappa shape index (κ1) is 20.6. The normalized spacial score (nSPS) is 21.2. The molecule has 0 spiro atoms. The number of para-hydroxylation sites is 1. The van der Waals surface area contributed by atoms with Gasteiger partial charge in [-0.1, -0.05) is 48.5 Å². The van der Waals surface area contributed by atoms with Gasteiger partial charge in [0, 0.05) is 31.1 Å². The quantitative estimate of drug-likeness (QED) is 0.618. The predicted octanol–water partition coefficient (Wildman–Crippen LogP) is 3.77. The zero-order chi connectivity index (χ0) is 21.9. The minimum Gasteiger partial charge on any atom is -0.451 e. The highest BCUT2D eigenvalue weighted by Crippen LogP contribution is 2.31. The molecule has 5 rings (SSSR count). The number of likely N-dealkylation sites (tertiary alicyclic amines) is 2. The smallest absolute Gasteiger partial charge is 0.336 e. The maximum atomic E-state index is 12.7. The predicted molar refractivity (Wildman–Crippen MR) is 122 cm³/mol. The van der Waals surface area contributed by atoms with E-state index in [9.17, 15) is 9.59 Å². The van der Waals surface area contributed by atoms with E-state index < -0.39 is 5.91 Å². The van der Waals surface area contributed by atoms with Crippen molar-refractivity contribution in [2.75, 3.05) is 19.6 Å². The van der Waals surface area contributed by atoms with Gasteiger partial charge in [0.1, 0.15) is 5.58 Å². The average molecular weight is 433 g/mol. The molecule has 3 heterocycles. The first-order chi connectivity index (χ1) is 15.7. The fraction of sp³-hybridized carbons (Fsp3) is 0.360. The molecular formula is C25H28N4O3. The second-order valence-electron chi connectivity index (χ2n) is 8.69. The lowest BCUT2D eigenvalue weighted by atomic mass is 9.83. The van der Waals surface area contributed by atoms with Gasteiger partial charge in [0.25, 0.3) is 0 Å². The van der Waals surface area contributed by atoms with Crippen molar-refractivity contribution >= 4 is 22.9 Å². The van der Waals surface area contributed by atoms with Gasteiger partial charge < -0.3 is 9.32 Å². The summed E-state index contributed by atoms with van der Waals surface area (Å²) in [5, 5.41) is 0.850. The SMILES string of the molecule is O=C(NNC(=O)N1CCC2C(CCCN2Cc2ccccc2)C1)c1cc2ccccc2o1. The van der Waals surface area contributed by atoms with Gasteiger partial charge in [-0.3, -0.25) is 15.1 Å². The molecule has 2 atom stereocenters. The van der Waals surface area contributed by atoms with Crippen LogP contribution in [-0.2, 0) is 6.54 Å². The molecule has 2 fully saturated rings. The second kappa shape index (κ2) is 9.04. The highest BCUT2D eigenvalue weighted by molar-refractivity contribution is 5.96. The Bertz CT molecular complexity index is 1060. The van der Waals surface area contributed by atoms with Gasteiger partial charge in [-0.05, 0) is 49.4 Å². The third kappa shape index (κ3) is 4.34. The van der Waals surface area contributed by atoms with E-state index in [1.807, 2.05) is 29.2 Å². The van der Waals surface area contributed by atoms with Crippen LogP contribution in [0.25, 0.3) is 11.0 Å². The monoisotopic (exact) mass is 432 g/mol. The van der Waals surface area contributed by atoms with Crippen LogP contribution in [0.2, 0.25) is 0 Å². The molecule has 2 aromatic carbocycles. The topological polar surface area (TPSA) is 77.8 Å². The largest absolute Gasteiger partial charge is 0.451 e. The number of hydrogen-bond acceptors (Lipinski definition) is 4. The van der Waals surface area contributed by atoms with Gasteiger partial charge in [0.2, 0.25) is 0 Å². The number of urea groups is 1. The van der Waals surface area contributed by atoms with E-state index in [4.69, 9.17) is 4.42 Å². The first-order valence-electron chi connectivity index (χ1n) is 11.3. The molecule has 0 saturated carbocycles. The summed E-state index contributed by atoms with van der Waals surface area (Å²) in [4.78, 5) is 29.5. The molecule has 2 aliphatic rings. The van der Waals surface area contributed by atoms with Crippen LogP contribution in [0.15, 0.2) is 65.1 Å². The Morgan fingerprint density at radius 3 is 2.62 bits per heavy atom. The van der Waals surface area contributed by atoms with Crippen molar-refractivity contribution < 1.29 is 14.0 Å². The molecule has 32 heavy (non-hydrogen) atoms. The molecule has 0 radical (unpaired) electrons. The molecule has 7 nitrogen and oxygen atoms in total. The zero-order valence-corrected chi connectivity index (χ0v) is 18.0. The lowest BCUT2D eigenvalue weighted by molar-refractivity contribution is 0.0292. The zero-order valence-electron chi connectivity index (χ0n) is 18.0. The van der Waals surface area contributed by atoms with Gasteiger partial charge >= 0.3 is 11.9 Å². The lowest BCUT2D eigenvalue weighted by Gasteiger charge is -2.47. The van der Waals surface area contributed by atoms with Crippen LogP contribution in [0, 0.1) is 5.92 Å². The van der Waals surface area contributed by atoms with Crippen LogP contribution in [0.4, 0.5) is 4.79 Å². The van der Waals surface area contributed by atoms with Gasteiger partial charge in [-0.2, -0.15) is 0 Å². The summed E-state index contributed by atoms with van der Waals surface area (Å²) in [6.45, 7) is 3.46. The number of nitrogens with one attached hydrogen (secondary N) is 2. The number of hydrazine groups is 1. The minimum atomic E-state index is -0.462. The van der Waals surface area contributed by atoms with E-state index >= 15 is 0 Å².